The van der Waals surface area contributed by atoms with E-state index in [1.165, 1.54) is 6.07 Å². The molecule has 0 amide bonds. The first kappa shape index (κ1) is 9.74. The number of benzene rings is 1. The molecule has 0 heterocycles. The van der Waals surface area contributed by atoms with Gasteiger partial charge in [0.1, 0.15) is 0 Å². The Hall–Kier alpha value is -1.35. The summed E-state index contributed by atoms with van der Waals surface area (Å²) in [5.74, 6) is -0.269. The van der Waals surface area contributed by atoms with Gasteiger partial charge in [0.15, 0.2) is 12.4 Å². The third kappa shape index (κ3) is 2.87. The number of hydrogen-bond acceptors (Lipinski definition) is 3. The Morgan fingerprint density at radius 2 is 2.31 bits per heavy atom. The van der Waals surface area contributed by atoms with Gasteiger partial charge in [-0.25, -0.2) is 0 Å². The number of halogens is 1. The Kier molecular flexibility index (Phi) is 3.46. The van der Waals surface area contributed by atoms with Crippen LogP contribution in [0, 0.1) is 0 Å². The molecule has 0 aliphatic rings. The topological polar surface area (TPSA) is 43.4 Å². The maximum Gasteiger partial charge on any atom is 0.293 e. The summed E-state index contributed by atoms with van der Waals surface area (Å²) >= 11 is 5.66. The molecule has 0 spiro atoms. The van der Waals surface area contributed by atoms with Crippen molar-refractivity contribution in [1.29, 1.82) is 0 Å². The molecule has 0 N–H and O–H groups in total. The Bertz CT molecular complexity index is 322. The fourth-order valence-electron chi connectivity index (χ4n) is 0.855. The van der Waals surface area contributed by atoms with E-state index in [1.807, 2.05) is 0 Å². The van der Waals surface area contributed by atoms with Gasteiger partial charge >= 0.3 is 0 Å². The molecular formula is C9H7ClO3. The lowest BCUT2D eigenvalue weighted by Gasteiger charge is -1.99. The Morgan fingerprint density at radius 3 is 2.92 bits per heavy atom. The van der Waals surface area contributed by atoms with Crippen molar-refractivity contribution < 1.29 is 14.3 Å². The molecule has 68 valence electrons. The maximum atomic E-state index is 11.2. The summed E-state index contributed by atoms with van der Waals surface area (Å²) in [4.78, 5) is 21.0. The molecule has 1 aromatic carbocycles. The molecule has 0 saturated carbocycles. The number of ether oxygens (including phenoxy) is 1. The quantitative estimate of drug-likeness (QED) is 0.546. The number of carbonyl (C=O) groups excluding carboxylic acids is 2. The normalized spacial score (nSPS) is 9.31. The zero-order valence-electron chi connectivity index (χ0n) is 6.70. The number of ketones is 1. The average Bonchev–Trinajstić information content (AvgIpc) is 2.14. The molecule has 0 fully saturated rings. The molecule has 0 bridgehead atoms. The number of carbonyl (C=O) groups is 2. The summed E-state index contributed by atoms with van der Waals surface area (Å²) in [6.07, 6.45) is 0. The predicted molar refractivity (Wildman–Crippen MR) is 47.8 cm³/mol. The molecule has 13 heavy (non-hydrogen) atoms. The average molecular weight is 199 g/mol. The first-order valence-corrected chi connectivity index (χ1v) is 3.96. The molecule has 4 heteroatoms. The molecule has 0 aromatic heterocycles. The second-order valence-electron chi connectivity index (χ2n) is 2.34. The van der Waals surface area contributed by atoms with Crippen molar-refractivity contribution in [2.45, 2.75) is 0 Å². The third-order valence-corrected chi connectivity index (χ3v) is 1.66. The van der Waals surface area contributed by atoms with Crippen LogP contribution in [0.2, 0.25) is 5.02 Å². The summed E-state index contributed by atoms with van der Waals surface area (Å²) < 4.78 is 4.32. The van der Waals surface area contributed by atoms with Gasteiger partial charge in [-0.15, -0.1) is 0 Å². The van der Waals surface area contributed by atoms with Crippen LogP contribution in [0.25, 0.3) is 0 Å². The number of Topliss-reactive ketones (excluding diaryl/α,β-unsaturated/α-hetero) is 1. The van der Waals surface area contributed by atoms with Crippen LogP contribution in [0.15, 0.2) is 24.3 Å². The summed E-state index contributed by atoms with van der Waals surface area (Å²) in [6, 6.07) is 6.47. The largest absolute Gasteiger partial charge is 0.459 e. The minimum absolute atomic E-state index is 0.239. The fourth-order valence-corrected chi connectivity index (χ4v) is 1.05. The van der Waals surface area contributed by atoms with E-state index in [4.69, 9.17) is 11.6 Å². The molecule has 0 aliphatic heterocycles. The second-order valence-corrected chi connectivity index (χ2v) is 2.78. The lowest BCUT2D eigenvalue weighted by atomic mass is 10.1. The van der Waals surface area contributed by atoms with Crippen molar-refractivity contribution in [1.82, 2.24) is 0 Å². The van der Waals surface area contributed by atoms with Crippen LogP contribution >= 0.6 is 11.6 Å². The van der Waals surface area contributed by atoms with Gasteiger partial charge in [-0.05, 0) is 12.1 Å². The number of rotatable bonds is 4. The van der Waals surface area contributed by atoms with Gasteiger partial charge in [-0.2, -0.15) is 0 Å². The zero-order valence-corrected chi connectivity index (χ0v) is 7.45. The monoisotopic (exact) mass is 198 g/mol. The molecule has 3 nitrogen and oxygen atoms in total. The molecule has 0 saturated heterocycles. The van der Waals surface area contributed by atoms with Gasteiger partial charge in [-0.1, -0.05) is 23.7 Å². The minimum Gasteiger partial charge on any atom is -0.459 e. The van der Waals surface area contributed by atoms with Crippen molar-refractivity contribution in [3.8, 4) is 0 Å². The van der Waals surface area contributed by atoms with E-state index in [0.717, 1.165) is 0 Å². The van der Waals surface area contributed by atoms with Gasteiger partial charge in [-0.3, -0.25) is 9.59 Å². The summed E-state index contributed by atoms with van der Waals surface area (Å²) in [6.45, 7) is -0.00765. The molecule has 0 aliphatic carbocycles. The highest BCUT2D eigenvalue weighted by Gasteiger charge is 2.05. The van der Waals surface area contributed by atoms with Crippen LogP contribution in [0.5, 0.6) is 0 Å². The zero-order chi connectivity index (χ0) is 9.68. The van der Waals surface area contributed by atoms with Crippen LogP contribution in [0.4, 0.5) is 0 Å². The van der Waals surface area contributed by atoms with E-state index in [2.05, 4.69) is 4.74 Å². The molecule has 1 rings (SSSR count). The smallest absolute Gasteiger partial charge is 0.293 e. The second kappa shape index (κ2) is 4.62. The number of hydrogen-bond donors (Lipinski definition) is 0. The molecule has 0 radical (unpaired) electrons. The lowest BCUT2D eigenvalue weighted by Crippen LogP contribution is -2.07. The fraction of sp³-hybridized carbons (Fsp3) is 0.111. The first-order chi connectivity index (χ1) is 6.24. The third-order valence-electron chi connectivity index (χ3n) is 1.43. The molecule has 1 aromatic rings. The lowest BCUT2D eigenvalue weighted by molar-refractivity contribution is -0.127. The molecular weight excluding hydrogens is 192 g/mol. The van der Waals surface area contributed by atoms with Crippen LogP contribution in [-0.4, -0.2) is 18.9 Å². The standard InChI is InChI=1S/C9H7ClO3/c10-8-3-1-2-7(4-8)9(12)5-13-6-11/h1-4,6H,5H2. The van der Waals surface area contributed by atoms with Gasteiger partial charge in [0, 0.05) is 10.6 Å². The highest BCUT2D eigenvalue weighted by Crippen LogP contribution is 2.10. The van der Waals surface area contributed by atoms with Crippen molar-refractivity contribution in [2.75, 3.05) is 6.61 Å². The van der Waals surface area contributed by atoms with Crippen molar-refractivity contribution >= 4 is 23.9 Å². The van der Waals surface area contributed by atoms with Crippen molar-refractivity contribution in [2.24, 2.45) is 0 Å². The highest BCUT2D eigenvalue weighted by molar-refractivity contribution is 6.31. The maximum absolute atomic E-state index is 11.2. The van der Waals surface area contributed by atoms with E-state index < -0.39 is 0 Å². The highest BCUT2D eigenvalue weighted by atomic mass is 35.5. The first-order valence-electron chi connectivity index (χ1n) is 3.58. The van der Waals surface area contributed by atoms with E-state index in [-0.39, 0.29) is 18.9 Å². The summed E-state index contributed by atoms with van der Waals surface area (Å²) in [7, 11) is 0. The van der Waals surface area contributed by atoms with Crippen LogP contribution in [0.1, 0.15) is 10.4 Å². The molecule has 0 unspecified atom stereocenters. The van der Waals surface area contributed by atoms with Crippen LogP contribution < -0.4 is 0 Å². The Labute approximate surface area is 80.3 Å². The van der Waals surface area contributed by atoms with Crippen LogP contribution in [0.3, 0.4) is 0 Å². The minimum atomic E-state index is -0.269. The van der Waals surface area contributed by atoms with E-state index in [1.54, 1.807) is 18.2 Å². The van der Waals surface area contributed by atoms with Crippen LogP contribution in [-0.2, 0) is 9.53 Å². The summed E-state index contributed by atoms with van der Waals surface area (Å²) in [5, 5.41) is 0.483. The van der Waals surface area contributed by atoms with E-state index in [9.17, 15) is 9.59 Å². The van der Waals surface area contributed by atoms with Crippen molar-refractivity contribution in [3.63, 3.8) is 0 Å². The Balaban J connectivity index is 2.71. The van der Waals surface area contributed by atoms with E-state index in [0.29, 0.717) is 10.6 Å². The van der Waals surface area contributed by atoms with Gasteiger partial charge in [0.25, 0.3) is 6.47 Å². The van der Waals surface area contributed by atoms with Gasteiger partial charge < -0.3 is 4.74 Å². The predicted octanol–water partition coefficient (Wildman–Crippen LogP) is 1.70. The van der Waals surface area contributed by atoms with E-state index >= 15 is 0 Å². The SMILES string of the molecule is O=COCC(=O)c1cccc(Cl)c1. The van der Waals surface area contributed by atoms with Crippen molar-refractivity contribution in [3.05, 3.63) is 34.9 Å². The Morgan fingerprint density at radius 1 is 1.54 bits per heavy atom. The van der Waals surface area contributed by atoms with Gasteiger partial charge in [0.2, 0.25) is 0 Å². The molecule has 0 atom stereocenters. The van der Waals surface area contributed by atoms with Gasteiger partial charge in [0.05, 0.1) is 0 Å². The summed E-state index contributed by atoms with van der Waals surface area (Å²) in [5.41, 5.74) is 0.439.